The smallest absolute Gasteiger partial charge is 0.340 e. The van der Waals surface area contributed by atoms with E-state index in [0.29, 0.717) is 16.9 Å². The molecule has 0 saturated carbocycles. The molecule has 0 aliphatic carbocycles. The minimum absolute atomic E-state index is 0.0660. The van der Waals surface area contributed by atoms with Crippen LogP contribution in [0.5, 0.6) is 0 Å². The van der Waals surface area contributed by atoms with E-state index in [1.165, 1.54) is 24.3 Å². The molecule has 0 atom stereocenters. The van der Waals surface area contributed by atoms with Gasteiger partial charge in [0.15, 0.2) is 10.9 Å². The lowest BCUT2D eigenvalue weighted by Gasteiger charge is -2.12. The van der Waals surface area contributed by atoms with Gasteiger partial charge in [-0.25, -0.2) is 14.4 Å². The number of halogens is 4. The van der Waals surface area contributed by atoms with Gasteiger partial charge >= 0.3 is 6.18 Å². The van der Waals surface area contributed by atoms with Crippen LogP contribution in [0.2, 0.25) is 0 Å². The summed E-state index contributed by atoms with van der Waals surface area (Å²) in [5.41, 5.74) is 0.0266. The Morgan fingerprint density at radius 2 is 1.81 bits per heavy atom. The predicted molar refractivity (Wildman–Crippen MR) is 112 cm³/mol. The van der Waals surface area contributed by atoms with E-state index in [-0.39, 0.29) is 16.7 Å². The van der Waals surface area contributed by atoms with Gasteiger partial charge in [0, 0.05) is 23.2 Å². The van der Waals surface area contributed by atoms with Crippen LogP contribution in [-0.2, 0) is 16.7 Å². The molecule has 2 aromatic carbocycles. The number of hydrogen-bond acceptors (Lipinski definition) is 5. The van der Waals surface area contributed by atoms with Crippen LogP contribution in [0, 0.1) is 5.82 Å². The summed E-state index contributed by atoms with van der Waals surface area (Å²) in [7, 11) is 0. The standard InChI is InChI=1S/C21H16F4N4OS/c1-2-19(30)27-15-8-5-7-14(10-15)26-18-11-17(21(23,24)25)28-20(29-18)31-12-13-6-3-4-9-16(13)22/h2-11H,1,12H2,(H,27,30)(H,26,28,29). The van der Waals surface area contributed by atoms with Crippen molar-refractivity contribution in [2.75, 3.05) is 10.6 Å². The Balaban J connectivity index is 1.85. The van der Waals surface area contributed by atoms with Gasteiger partial charge in [-0.05, 0) is 35.9 Å². The molecule has 0 unspecified atom stereocenters. The van der Waals surface area contributed by atoms with Crippen molar-refractivity contribution in [1.29, 1.82) is 0 Å². The first-order chi connectivity index (χ1) is 14.7. The number of nitrogens with zero attached hydrogens (tertiary/aromatic N) is 2. The van der Waals surface area contributed by atoms with Crippen LogP contribution in [-0.4, -0.2) is 15.9 Å². The Labute approximate surface area is 179 Å². The zero-order chi connectivity index (χ0) is 22.4. The average molecular weight is 448 g/mol. The van der Waals surface area contributed by atoms with Gasteiger partial charge in [0.1, 0.15) is 11.6 Å². The number of nitrogens with one attached hydrogen (secondary N) is 2. The summed E-state index contributed by atoms with van der Waals surface area (Å²) >= 11 is 0.887. The van der Waals surface area contributed by atoms with E-state index in [1.807, 2.05) is 0 Å². The van der Waals surface area contributed by atoms with Crippen molar-refractivity contribution in [1.82, 2.24) is 9.97 Å². The fourth-order valence-corrected chi connectivity index (χ4v) is 3.32. The summed E-state index contributed by atoms with van der Waals surface area (Å²) in [5.74, 6) is -0.911. The number of benzene rings is 2. The van der Waals surface area contributed by atoms with Gasteiger partial charge in [0.2, 0.25) is 5.91 Å². The summed E-state index contributed by atoms with van der Waals surface area (Å²) in [6.07, 6.45) is -3.59. The van der Waals surface area contributed by atoms with Crippen molar-refractivity contribution < 1.29 is 22.4 Å². The van der Waals surface area contributed by atoms with Crippen molar-refractivity contribution in [3.8, 4) is 0 Å². The zero-order valence-corrected chi connectivity index (χ0v) is 16.7. The molecule has 0 fully saturated rings. The maximum absolute atomic E-state index is 13.8. The Morgan fingerprint density at radius 1 is 1.06 bits per heavy atom. The highest BCUT2D eigenvalue weighted by atomic mass is 32.2. The van der Waals surface area contributed by atoms with Gasteiger partial charge in [0.25, 0.3) is 0 Å². The summed E-state index contributed by atoms with van der Waals surface area (Å²) in [6.45, 7) is 3.36. The van der Waals surface area contributed by atoms with Gasteiger partial charge in [-0.3, -0.25) is 4.79 Å². The highest BCUT2D eigenvalue weighted by molar-refractivity contribution is 7.98. The topological polar surface area (TPSA) is 66.9 Å². The Hall–Kier alpha value is -3.40. The summed E-state index contributed by atoms with van der Waals surface area (Å²) in [6, 6.07) is 13.1. The minimum atomic E-state index is -4.69. The molecule has 31 heavy (non-hydrogen) atoms. The van der Waals surface area contributed by atoms with Crippen molar-refractivity contribution in [3.05, 3.63) is 84.3 Å². The van der Waals surface area contributed by atoms with Crippen molar-refractivity contribution in [2.24, 2.45) is 0 Å². The van der Waals surface area contributed by atoms with E-state index >= 15 is 0 Å². The molecule has 160 valence electrons. The molecule has 0 aliphatic rings. The number of rotatable bonds is 7. The van der Waals surface area contributed by atoms with E-state index in [4.69, 9.17) is 0 Å². The monoisotopic (exact) mass is 448 g/mol. The van der Waals surface area contributed by atoms with Gasteiger partial charge in [-0.15, -0.1) is 0 Å². The molecule has 3 aromatic rings. The second-order valence-electron chi connectivity index (χ2n) is 6.20. The normalized spacial score (nSPS) is 11.1. The Bertz CT molecular complexity index is 1100. The molecule has 0 spiro atoms. The molecule has 0 radical (unpaired) electrons. The molecular weight excluding hydrogens is 432 g/mol. The van der Waals surface area contributed by atoms with Crippen LogP contribution >= 0.6 is 11.8 Å². The number of carbonyl (C=O) groups is 1. The van der Waals surface area contributed by atoms with E-state index in [0.717, 1.165) is 23.9 Å². The second-order valence-corrected chi connectivity index (χ2v) is 7.14. The summed E-state index contributed by atoms with van der Waals surface area (Å²) < 4.78 is 53.7. The molecule has 1 aromatic heterocycles. The SMILES string of the molecule is C=CC(=O)Nc1cccc(Nc2cc(C(F)(F)F)nc(SCc3ccccc3F)n2)c1. The third-order valence-corrected chi connectivity index (χ3v) is 4.79. The van der Waals surface area contributed by atoms with Crippen LogP contribution in [0.4, 0.5) is 34.8 Å². The Kier molecular flexibility index (Phi) is 6.91. The summed E-state index contributed by atoms with van der Waals surface area (Å²) in [5, 5.41) is 5.19. The number of thioether (sulfide) groups is 1. The predicted octanol–water partition coefficient (Wildman–Crippen LogP) is 5.79. The van der Waals surface area contributed by atoms with Gasteiger partial charge in [-0.2, -0.15) is 13.2 Å². The van der Waals surface area contributed by atoms with Gasteiger partial charge in [-0.1, -0.05) is 42.6 Å². The third kappa shape index (κ3) is 6.29. The molecular formula is C21H16F4N4OS. The molecule has 5 nitrogen and oxygen atoms in total. The van der Waals surface area contributed by atoms with Crippen LogP contribution in [0.1, 0.15) is 11.3 Å². The quantitative estimate of drug-likeness (QED) is 0.207. The van der Waals surface area contributed by atoms with E-state index in [2.05, 4.69) is 27.2 Å². The van der Waals surface area contributed by atoms with E-state index in [9.17, 15) is 22.4 Å². The van der Waals surface area contributed by atoms with Gasteiger partial charge < -0.3 is 10.6 Å². The van der Waals surface area contributed by atoms with Crippen LogP contribution in [0.15, 0.2) is 72.4 Å². The lowest BCUT2D eigenvalue weighted by molar-refractivity contribution is -0.141. The number of amides is 1. The molecule has 0 aliphatic heterocycles. The maximum atomic E-state index is 13.8. The summed E-state index contributed by atoms with van der Waals surface area (Å²) in [4.78, 5) is 19.1. The first kappa shape index (κ1) is 22.3. The average Bonchev–Trinajstić information content (AvgIpc) is 2.72. The molecule has 0 saturated heterocycles. The molecule has 10 heteroatoms. The molecule has 1 amide bonds. The number of carbonyl (C=O) groups excluding carboxylic acids is 1. The number of hydrogen-bond donors (Lipinski definition) is 2. The second kappa shape index (κ2) is 9.61. The maximum Gasteiger partial charge on any atom is 0.433 e. The largest absolute Gasteiger partial charge is 0.433 e. The third-order valence-electron chi connectivity index (χ3n) is 3.90. The highest BCUT2D eigenvalue weighted by Gasteiger charge is 2.33. The highest BCUT2D eigenvalue weighted by Crippen LogP contribution is 2.32. The zero-order valence-electron chi connectivity index (χ0n) is 15.9. The Morgan fingerprint density at radius 3 is 2.52 bits per heavy atom. The molecule has 0 bridgehead atoms. The van der Waals surface area contributed by atoms with Crippen LogP contribution < -0.4 is 10.6 Å². The van der Waals surface area contributed by atoms with Crippen molar-refractivity contribution in [3.63, 3.8) is 0 Å². The van der Waals surface area contributed by atoms with E-state index < -0.39 is 23.6 Å². The number of alkyl halides is 3. The molecule has 1 heterocycles. The number of anilines is 3. The van der Waals surface area contributed by atoms with E-state index in [1.54, 1.807) is 24.3 Å². The lowest BCUT2D eigenvalue weighted by atomic mass is 10.2. The van der Waals surface area contributed by atoms with Gasteiger partial charge in [0.05, 0.1) is 0 Å². The fourth-order valence-electron chi connectivity index (χ4n) is 2.47. The lowest BCUT2D eigenvalue weighted by Crippen LogP contribution is -2.11. The minimum Gasteiger partial charge on any atom is -0.340 e. The molecule has 3 rings (SSSR count). The molecule has 2 N–H and O–H groups in total. The fraction of sp³-hybridized carbons (Fsp3) is 0.0952. The number of aromatic nitrogens is 2. The van der Waals surface area contributed by atoms with Crippen molar-refractivity contribution >= 4 is 34.9 Å². The first-order valence-electron chi connectivity index (χ1n) is 8.87. The van der Waals surface area contributed by atoms with Crippen LogP contribution in [0.3, 0.4) is 0 Å². The van der Waals surface area contributed by atoms with Crippen molar-refractivity contribution in [2.45, 2.75) is 17.1 Å². The first-order valence-corrected chi connectivity index (χ1v) is 9.86. The van der Waals surface area contributed by atoms with Crippen LogP contribution in [0.25, 0.3) is 0 Å².